The van der Waals surface area contributed by atoms with E-state index in [0.29, 0.717) is 18.1 Å². The third-order valence-corrected chi connectivity index (χ3v) is 6.14. The molecule has 3 aromatic rings. The lowest BCUT2D eigenvalue weighted by molar-refractivity contribution is -0.108. The number of aliphatic hydroxyl groups excluding tert-OH is 1. The number of methoxy groups -OCH3 is 2. The number of rotatable bonds is 14. The van der Waals surface area contributed by atoms with E-state index in [9.17, 15) is 37.1 Å². The quantitative estimate of drug-likeness (QED) is 0.202. The summed E-state index contributed by atoms with van der Waals surface area (Å²) in [5.41, 5.74) is 4.56. The molecule has 1 aromatic heterocycles. The van der Waals surface area contributed by atoms with Crippen molar-refractivity contribution in [1.29, 1.82) is 0 Å². The van der Waals surface area contributed by atoms with Crippen molar-refractivity contribution in [3.8, 4) is 11.5 Å². The van der Waals surface area contributed by atoms with Crippen LogP contribution in [0.2, 0.25) is 0 Å². The number of ether oxygens (including phenoxy) is 3. The van der Waals surface area contributed by atoms with Crippen LogP contribution in [0.1, 0.15) is 34.3 Å². The average Bonchev–Trinajstić information content (AvgIpc) is 3.01. The first-order valence-corrected chi connectivity index (χ1v) is 13.2. The molecule has 3 N–H and O–H groups in total. The molecule has 0 radical (unpaired) electrons. The summed E-state index contributed by atoms with van der Waals surface area (Å²) >= 11 is 0. The molecule has 3 rings (SSSR count). The number of alkyl halides is 2. The van der Waals surface area contributed by atoms with Crippen molar-refractivity contribution < 1.29 is 46.5 Å². The Kier molecular flexibility index (Phi) is 17.0. The molecule has 44 heavy (non-hydrogen) atoms. The van der Waals surface area contributed by atoms with Crippen LogP contribution in [0.15, 0.2) is 59.5 Å². The molecule has 0 spiro atoms. The summed E-state index contributed by atoms with van der Waals surface area (Å²) in [6.45, 7) is -2.96. The van der Waals surface area contributed by atoms with Crippen molar-refractivity contribution in [2.75, 3.05) is 53.0 Å². The van der Waals surface area contributed by atoms with E-state index < -0.39 is 35.8 Å². The third kappa shape index (κ3) is 11.1. The van der Waals surface area contributed by atoms with E-state index in [1.807, 2.05) is 0 Å². The fourth-order valence-electron chi connectivity index (χ4n) is 4.12. The standard InChI is InChI=1S/C21H26F2N2O5.C8H6F2O2.CH5N/c1-24(19-5-4-7-25(21(19)28)15(12-27)13-29-2)11-14(6-8-26)20-17(22)9-16(30-3)10-18(20)23;9-8(10)12-7-3-1-6(5-11)2-4-7;1-2/h4-5,7-10,14-15,27H,6,11-13H2,1-3H3;1-5,8H;2H2,1H3. The monoisotopic (exact) mass is 627 g/mol. The minimum atomic E-state index is -2.83. The molecular formula is C30H37F4N3O7. The molecule has 0 saturated carbocycles. The highest BCUT2D eigenvalue weighted by molar-refractivity contribution is 5.74. The van der Waals surface area contributed by atoms with Crippen molar-refractivity contribution in [1.82, 2.24) is 4.57 Å². The predicted molar refractivity (Wildman–Crippen MR) is 157 cm³/mol. The average molecular weight is 628 g/mol. The molecule has 0 aliphatic heterocycles. The van der Waals surface area contributed by atoms with Gasteiger partial charge in [-0.05, 0) is 43.4 Å². The van der Waals surface area contributed by atoms with Crippen molar-refractivity contribution >= 4 is 18.3 Å². The van der Waals surface area contributed by atoms with Crippen LogP contribution in [-0.2, 0) is 9.53 Å². The largest absolute Gasteiger partial charge is 0.497 e. The normalized spacial score (nSPS) is 11.7. The number of aldehydes is 2. The van der Waals surface area contributed by atoms with Gasteiger partial charge in [-0.1, -0.05) is 0 Å². The maximum Gasteiger partial charge on any atom is 0.387 e. The number of halogens is 4. The number of pyridine rings is 1. The zero-order chi connectivity index (χ0) is 33.2. The first-order valence-electron chi connectivity index (χ1n) is 13.2. The summed E-state index contributed by atoms with van der Waals surface area (Å²) in [5.74, 6) is -2.38. The fourth-order valence-corrected chi connectivity index (χ4v) is 4.12. The molecule has 242 valence electrons. The minimum absolute atomic E-state index is 0.0201. The van der Waals surface area contributed by atoms with E-state index in [1.165, 1.54) is 61.2 Å². The maximum absolute atomic E-state index is 14.5. The van der Waals surface area contributed by atoms with Crippen LogP contribution < -0.4 is 25.7 Å². The van der Waals surface area contributed by atoms with E-state index in [-0.39, 0.29) is 48.9 Å². The van der Waals surface area contributed by atoms with Crippen molar-refractivity contribution in [3.05, 3.63) is 87.8 Å². The summed E-state index contributed by atoms with van der Waals surface area (Å²) in [4.78, 5) is 35.8. The number of carbonyl (C=O) groups excluding carboxylic acids is 2. The summed E-state index contributed by atoms with van der Waals surface area (Å²) in [7, 11) is 5.86. The number of carbonyl (C=O) groups is 2. The Bertz CT molecular complexity index is 1330. The van der Waals surface area contributed by atoms with Crippen LogP contribution in [0.4, 0.5) is 23.2 Å². The number of benzene rings is 2. The van der Waals surface area contributed by atoms with E-state index in [0.717, 1.165) is 12.1 Å². The van der Waals surface area contributed by atoms with E-state index in [2.05, 4.69) is 10.5 Å². The number of anilines is 1. The first-order chi connectivity index (χ1) is 21.1. The SMILES string of the molecule is CN.COCC(CO)n1cccc(N(C)CC(CC=O)c2c(F)cc(OC)cc2F)c1=O.O=Cc1ccc(OC(F)F)cc1. The van der Waals surface area contributed by atoms with Gasteiger partial charge in [0, 0.05) is 62.5 Å². The number of hydrogen-bond acceptors (Lipinski definition) is 9. The molecule has 2 aromatic carbocycles. The van der Waals surface area contributed by atoms with Gasteiger partial charge < -0.3 is 39.3 Å². The second kappa shape index (κ2) is 19.8. The highest BCUT2D eigenvalue weighted by Crippen LogP contribution is 2.30. The van der Waals surface area contributed by atoms with E-state index in [4.69, 9.17) is 9.47 Å². The Morgan fingerprint density at radius 3 is 2.11 bits per heavy atom. The van der Waals surface area contributed by atoms with Gasteiger partial charge in [-0.15, -0.1) is 0 Å². The van der Waals surface area contributed by atoms with E-state index >= 15 is 0 Å². The van der Waals surface area contributed by atoms with Crippen LogP contribution in [-0.4, -0.2) is 76.9 Å². The fraction of sp³-hybridized carbons (Fsp3) is 0.367. The minimum Gasteiger partial charge on any atom is -0.497 e. The summed E-state index contributed by atoms with van der Waals surface area (Å²) in [6.07, 6.45) is 2.62. The molecule has 1 heterocycles. The Morgan fingerprint density at radius 1 is 1.02 bits per heavy atom. The lowest BCUT2D eigenvalue weighted by atomic mass is 9.94. The van der Waals surface area contributed by atoms with Crippen LogP contribution in [0.3, 0.4) is 0 Å². The van der Waals surface area contributed by atoms with Gasteiger partial charge in [0.1, 0.15) is 41.4 Å². The second-order valence-corrected chi connectivity index (χ2v) is 8.95. The summed E-state index contributed by atoms with van der Waals surface area (Å²) in [5, 5.41) is 9.55. The van der Waals surface area contributed by atoms with Crippen LogP contribution in [0.5, 0.6) is 11.5 Å². The molecule has 2 unspecified atom stereocenters. The number of aromatic nitrogens is 1. The molecule has 10 nitrogen and oxygen atoms in total. The van der Waals surface area contributed by atoms with Gasteiger partial charge in [0.25, 0.3) is 5.56 Å². The smallest absolute Gasteiger partial charge is 0.387 e. The number of hydrogen-bond donors (Lipinski definition) is 2. The highest BCUT2D eigenvalue weighted by Gasteiger charge is 2.24. The first kappa shape index (κ1) is 37.8. The molecule has 0 fully saturated rings. The third-order valence-electron chi connectivity index (χ3n) is 6.14. The molecule has 0 amide bonds. The van der Waals surface area contributed by atoms with Gasteiger partial charge in [-0.25, -0.2) is 8.78 Å². The van der Waals surface area contributed by atoms with E-state index in [1.54, 1.807) is 19.2 Å². The van der Waals surface area contributed by atoms with Crippen LogP contribution in [0, 0.1) is 11.6 Å². The van der Waals surface area contributed by atoms with Gasteiger partial charge in [0.15, 0.2) is 0 Å². The Balaban J connectivity index is 0.000000575. The van der Waals surface area contributed by atoms with Gasteiger partial charge in [0.2, 0.25) is 0 Å². The van der Waals surface area contributed by atoms with Gasteiger partial charge in [0.05, 0.1) is 26.4 Å². The molecule has 0 aliphatic rings. The molecule has 0 aliphatic carbocycles. The second-order valence-electron chi connectivity index (χ2n) is 8.95. The molecule has 0 bridgehead atoms. The lowest BCUT2D eigenvalue weighted by Gasteiger charge is -2.26. The number of aliphatic hydroxyl groups is 1. The molecular weight excluding hydrogens is 590 g/mol. The number of likely N-dealkylation sites (N-methyl/N-ethyl adjacent to an activating group) is 1. The van der Waals surface area contributed by atoms with Gasteiger partial charge in [-0.3, -0.25) is 9.59 Å². The van der Waals surface area contributed by atoms with Gasteiger partial charge in [-0.2, -0.15) is 8.78 Å². The van der Waals surface area contributed by atoms with Crippen molar-refractivity contribution in [3.63, 3.8) is 0 Å². The van der Waals surface area contributed by atoms with Crippen LogP contribution in [0.25, 0.3) is 0 Å². The summed E-state index contributed by atoms with van der Waals surface area (Å²) < 4.78 is 67.6. The zero-order valence-corrected chi connectivity index (χ0v) is 24.8. The maximum atomic E-state index is 14.5. The highest BCUT2D eigenvalue weighted by atomic mass is 19.3. The number of nitrogens with two attached hydrogens (primary N) is 1. The Morgan fingerprint density at radius 2 is 1.64 bits per heavy atom. The van der Waals surface area contributed by atoms with Crippen LogP contribution >= 0.6 is 0 Å². The Hall–Kier alpha value is -4.27. The lowest BCUT2D eigenvalue weighted by Crippen LogP contribution is -2.35. The van der Waals surface area contributed by atoms with Crippen molar-refractivity contribution in [2.45, 2.75) is 25.0 Å². The Labute approximate surface area is 252 Å². The van der Waals surface area contributed by atoms with Gasteiger partial charge >= 0.3 is 6.61 Å². The molecule has 2 atom stereocenters. The number of nitrogens with zero attached hydrogens (tertiary/aromatic N) is 2. The zero-order valence-electron chi connectivity index (χ0n) is 24.8. The predicted octanol–water partition coefficient (Wildman–Crippen LogP) is 3.80. The molecule has 14 heteroatoms. The topological polar surface area (TPSA) is 133 Å². The molecule has 0 saturated heterocycles. The van der Waals surface area contributed by atoms with Crippen molar-refractivity contribution in [2.24, 2.45) is 5.73 Å². The summed E-state index contributed by atoms with van der Waals surface area (Å²) in [6, 6.07) is 10.2.